The van der Waals surface area contributed by atoms with E-state index in [1.54, 1.807) is 0 Å². The Morgan fingerprint density at radius 2 is 2.16 bits per heavy atom. The maximum absolute atomic E-state index is 12.7. The van der Waals surface area contributed by atoms with Gasteiger partial charge in [-0.25, -0.2) is 4.98 Å². The first-order valence-electron chi connectivity index (χ1n) is 6.02. The van der Waals surface area contributed by atoms with Gasteiger partial charge in [0.05, 0.1) is 5.56 Å². The summed E-state index contributed by atoms with van der Waals surface area (Å²) in [6.45, 7) is 0.124. The molecule has 1 fully saturated rings. The quantitative estimate of drug-likeness (QED) is 0.864. The fraction of sp³-hybridized carbons (Fsp3) is 0.500. The number of aromatic nitrogens is 1. The number of hydrogen-bond donors (Lipinski definition) is 2. The van der Waals surface area contributed by atoms with Crippen LogP contribution in [0.2, 0.25) is 0 Å². The lowest BCUT2D eigenvalue weighted by molar-refractivity contribution is -0.137. The SMILES string of the molecule is O=C(CCNc1ncccc1C(F)(F)F)NC1CC1. The summed E-state index contributed by atoms with van der Waals surface area (Å²) in [4.78, 5) is 15.0. The molecule has 1 heterocycles. The van der Waals surface area contributed by atoms with Crippen LogP contribution in [0.15, 0.2) is 18.3 Å². The highest BCUT2D eigenvalue weighted by molar-refractivity contribution is 5.77. The Kier molecular flexibility index (Phi) is 3.92. The van der Waals surface area contributed by atoms with Crippen LogP contribution in [-0.4, -0.2) is 23.5 Å². The van der Waals surface area contributed by atoms with Gasteiger partial charge in [-0.1, -0.05) is 0 Å². The van der Waals surface area contributed by atoms with Gasteiger partial charge in [-0.3, -0.25) is 4.79 Å². The zero-order valence-corrected chi connectivity index (χ0v) is 10.1. The third kappa shape index (κ3) is 4.11. The molecule has 0 unspecified atom stereocenters. The summed E-state index contributed by atoms with van der Waals surface area (Å²) in [5.74, 6) is -0.395. The van der Waals surface area contributed by atoms with E-state index in [4.69, 9.17) is 0 Å². The first-order chi connectivity index (χ1) is 8.97. The number of pyridine rings is 1. The normalized spacial score (nSPS) is 15.1. The summed E-state index contributed by atoms with van der Waals surface area (Å²) in [7, 11) is 0. The Morgan fingerprint density at radius 1 is 1.42 bits per heavy atom. The smallest absolute Gasteiger partial charge is 0.369 e. The minimum absolute atomic E-state index is 0.124. The molecule has 1 aromatic heterocycles. The van der Waals surface area contributed by atoms with Crippen molar-refractivity contribution in [3.05, 3.63) is 23.9 Å². The van der Waals surface area contributed by atoms with E-state index in [9.17, 15) is 18.0 Å². The van der Waals surface area contributed by atoms with Gasteiger partial charge in [0, 0.05) is 25.2 Å². The van der Waals surface area contributed by atoms with Crippen LogP contribution in [0.1, 0.15) is 24.8 Å². The first kappa shape index (κ1) is 13.6. The Bertz CT molecular complexity index is 458. The molecule has 1 saturated carbocycles. The maximum atomic E-state index is 12.7. The summed E-state index contributed by atoms with van der Waals surface area (Å²) in [5.41, 5.74) is -0.822. The lowest BCUT2D eigenvalue weighted by atomic mass is 10.2. The second kappa shape index (κ2) is 5.46. The number of amides is 1. The number of anilines is 1. The monoisotopic (exact) mass is 273 g/mol. The van der Waals surface area contributed by atoms with Crippen molar-refractivity contribution >= 4 is 11.7 Å². The Morgan fingerprint density at radius 3 is 2.79 bits per heavy atom. The molecule has 104 valence electrons. The molecule has 0 aromatic carbocycles. The molecule has 0 bridgehead atoms. The average molecular weight is 273 g/mol. The summed E-state index contributed by atoms with van der Waals surface area (Å²) in [6.07, 6.45) is -1.08. The predicted octanol–water partition coefficient (Wildman–Crippen LogP) is 2.18. The number of halogens is 3. The van der Waals surface area contributed by atoms with Crippen LogP contribution < -0.4 is 10.6 Å². The summed E-state index contributed by atoms with van der Waals surface area (Å²) >= 11 is 0. The second-order valence-corrected chi connectivity index (χ2v) is 4.42. The minimum Gasteiger partial charge on any atom is -0.369 e. The fourth-order valence-electron chi connectivity index (χ4n) is 1.60. The molecule has 4 nitrogen and oxygen atoms in total. The van der Waals surface area contributed by atoms with E-state index < -0.39 is 11.7 Å². The Labute approximate surface area is 108 Å². The Hall–Kier alpha value is -1.79. The molecule has 0 spiro atoms. The molecule has 0 radical (unpaired) electrons. The average Bonchev–Trinajstić information content (AvgIpc) is 3.12. The molecule has 2 rings (SSSR count). The molecule has 1 aliphatic carbocycles. The van der Waals surface area contributed by atoms with E-state index in [-0.39, 0.29) is 30.7 Å². The van der Waals surface area contributed by atoms with Crippen LogP contribution in [0.3, 0.4) is 0 Å². The van der Waals surface area contributed by atoms with Gasteiger partial charge < -0.3 is 10.6 Å². The molecule has 1 aliphatic rings. The molecule has 0 atom stereocenters. The van der Waals surface area contributed by atoms with Gasteiger partial charge in [-0.15, -0.1) is 0 Å². The third-order valence-corrected chi connectivity index (χ3v) is 2.70. The molecule has 1 amide bonds. The van der Waals surface area contributed by atoms with E-state index in [1.807, 2.05) is 0 Å². The van der Waals surface area contributed by atoms with E-state index >= 15 is 0 Å². The number of carbonyl (C=O) groups excluding carboxylic acids is 1. The fourth-order valence-corrected chi connectivity index (χ4v) is 1.60. The lowest BCUT2D eigenvalue weighted by Crippen LogP contribution is -2.27. The molecular weight excluding hydrogens is 259 g/mol. The van der Waals surface area contributed by atoms with Crippen molar-refractivity contribution < 1.29 is 18.0 Å². The molecule has 0 saturated heterocycles. The van der Waals surface area contributed by atoms with Gasteiger partial charge in [0.15, 0.2) is 0 Å². The van der Waals surface area contributed by atoms with E-state index in [2.05, 4.69) is 15.6 Å². The third-order valence-electron chi connectivity index (χ3n) is 2.70. The lowest BCUT2D eigenvalue weighted by Gasteiger charge is -2.12. The van der Waals surface area contributed by atoms with Crippen molar-refractivity contribution in [2.45, 2.75) is 31.5 Å². The van der Waals surface area contributed by atoms with Crippen molar-refractivity contribution in [3.8, 4) is 0 Å². The topological polar surface area (TPSA) is 54.0 Å². The predicted molar refractivity (Wildman–Crippen MR) is 63.5 cm³/mol. The molecular formula is C12H14F3N3O. The highest BCUT2D eigenvalue weighted by atomic mass is 19.4. The van der Waals surface area contributed by atoms with Gasteiger partial charge in [-0.2, -0.15) is 13.2 Å². The van der Waals surface area contributed by atoms with E-state index in [0.29, 0.717) is 0 Å². The van der Waals surface area contributed by atoms with Crippen molar-refractivity contribution in [1.29, 1.82) is 0 Å². The van der Waals surface area contributed by atoms with Gasteiger partial charge in [0.2, 0.25) is 5.91 Å². The number of hydrogen-bond acceptors (Lipinski definition) is 3. The highest BCUT2D eigenvalue weighted by Gasteiger charge is 2.34. The first-order valence-corrected chi connectivity index (χ1v) is 6.02. The zero-order valence-electron chi connectivity index (χ0n) is 10.1. The van der Waals surface area contributed by atoms with Crippen LogP contribution in [-0.2, 0) is 11.0 Å². The summed E-state index contributed by atoms with van der Waals surface area (Å²) < 4.78 is 38.0. The molecule has 19 heavy (non-hydrogen) atoms. The van der Waals surface area contributed by atoms with Crippen LogP contribution in [0.4, 0.5) is 19.0 Å². The van der Waals surface area contributed by atoms with Crippen molar-refractivity contribution in [2.75, 3.05) is 11.9 Å². The number of carbonyl (C=O) groups is 1. The zero-order chi connectivity index (χ0) is 13.9. The number of nitrogens with one attached hydrogen (secondary N) is 2. The van der Waals surface area contributed by atoms with Crippen molar-refractivity contribution in [1.82, 2.24) is 10.3 Å². The molecule has 2 N–H and O–H groups in total. The molecule has 1 aromatic rings. The van der Waals surface area contributed by atoms with Gasteiger partial charge in [0.1, 0.15) is 5.82 Å². The molecule has 7 heteroatoms. The van der Waals surface area contributed by atoms with Crippen LogP contribution in [0, 0.1) is 0 Å². The van der Waals surface area contributed by atoms with Gasteiger partial charge in [-0.05, 0) is 25.0 Å². The minimum atomic E-state index is -4.45. The van der Waals surface area contributed by atoms with E-state index in [1.165, 1.54) is 12.3 Å². The number of alkyl halides is 3. The van der Waals surface area contributed by atoms with Crippen LogP contribution in [0.25, 0.3) is 0 Å². The summed E-state index contributed by atoms with van der Waals surface area (Å²) in [5, 5.41) is 5.32. The van der Waals surface area contributed by atoms with Crippen molar-refractivity contribution in [3.63, 3.8) is 0 Å². The largest absolute Gasteiger partial charge is 0.419 e. The Balaban J connectivity index is 1.86. The van der Waals surface area contributed by atoms with Gasteiger partial charge >= 0.3 is 6.18 Å². The van der Waals surface area contributed by atoms with E-state index in [0.717, 1.165) is 18.9 Å². The van der Waals surface area contributed by atoms with Crippen molar-refractivity contribution in [2.24, 2.45) is 0 Å². The number of rotatable bonds is 5. The molecule has 0 aliphatic heterocycles. The van der Waals surface area contributed by atoms with Crippen LogP contribution >= 0.6 is 0 Å². The highest BCUT2D eigenvalue weighted by Crippen LogP contribution is 2.33. The maximum Gasteiger partial charge on any atom is 0.419 e. The van der Waals surface area contributed by atoms with Crippen LogP contribution in [0.5, 0.6) is 0 Å². The standard InChI is InChI=1S/C12H14F3N3O/c13-12(14,15)9-2-1-6-16-11(9)17-7-5-10(19)18-8-3-4-8/h1-2,6,8H,3-5,7H2,(H,16,17)(H,18,19). The number of nitrogens with zero attached hydrogens (tertiary/aromatic N) is 1. The second-order valence-electron chi connectivity index (χ2n) is 4.42. The summed E-state index contributed by atoms with van der Waals surface area (Å²) in [6, 6.07) is 2.45. The van der Waals surface area contributed by atoms with Gasteiger partial charge in [0.25, 0.3) is 0 Å².